The van der Waals surface area contributed by atoms with Crippen LogP contribution in [0.25, 0.3) is 0 Å². The summed E-state index contributed by atoms with van der Waals surface area (Å²) in [5.74, 6) is -3.17. The molecule has 0 bridgehead atoms. The Bertz CT molecular complexity index is 710. The summed E-state index contributed by atoms with van der Waals surface area (Å²) in [7, 11) is 1.65. The fraction of sp³-hybridized carbons (Fsp3) is 0.214. The Kier molecular flexibility index (Phi) is 4.11. The lowest BCUT2D eigenvalue weighted by atomic mass is 10.1. The lowest BCUT2D eigenvalue weighted by Gasteiger charge is -2.05. The summed E-state index contributed by atoms with van der Waals surface area (Å²) in [6, 6.07) is 2.51. The Morgan fingerprint density at radius 3 is 2.62 bits per heavy atom. The van der Waals surface area contributed by atoms with Crippen molar-refractivity contribution in [2.75, 3.05) is 6.61 Å². The number of ether oxygens (including phenoxy) is 1. The van der Waals surface area contributed by atoms with Gasteiger partial charge in [-0.15, -0.1) is 0 Å². The van der Waals surface area contributed by atoms with Crippen molar-refractivity contribution in [3.63, 3.8) is 0 Å². The van der Waals surface area contributed by atoms with Crippen LogP contribution < -0.4 is 0 Å². The van der Waals surface area contributed by atoms with Crippen molar-refractivity contribution in [2.45, 2.75) is 6.92 Å². The van der Waals surface area contributed by atoms with E-state index >= 15 is 0 Å². The van der Waals surface area contributed by atoms with Crippen LogP contribution in [0, 0.1) is 18.6 Å². The van der Waals surface area contributed by atoms with E-state index < -0.39 is 35.6 Å². The first-order valence-corrected chi connectivity index (χ1v) is 6.04. The van der Waals surface area contributed by atoms with Crippen molar-refractivity contribution in [3.8, 4) is 0 Å². The van der Waals surface area contributed by atoms with Crippen LogP contribution in [0.2, 0.25) is 0 Å². The monoisotopic (exact) mass is 294 g/mol. The first-order valence-electron chi connectivity index (χ1n) is 6.04. The molecule has 7 heteroatoms. The molecule has 0 fully saturated rings. The quantitative estimate of drug-likeness (QED) is 0.639. The fourth-order valence-electron chi connectivity index (χ4n) is 1.70. The second-order valence-corrected chi connectivity index (χ2v) is 4.39. The molecule has 0 amide bonds. The van der Waals surface area contributed by atoms with Gasteiger partial charge in [-0.25, -0.2) is 13.6 Å². The molecule has 0 N–H and O–H groups in total. The van der Waals surface area contributed by atoms with Gasteiger partial charge >= 0.3 is 5.97 Å². The Hall–Kier alpha value is -2.57. The van der Waals surface area contributed by atoms with E-state index in [2.05, 4.69) is 5.10 Å². The number of carbonyl (C=O) groups is 2. The van der Waals surface area contributed by atoms with Crippen molar-refractivity contribution in [2.24, 2.45) is 7.05 Å². The van der Waals surface area contributed by atoms with Crippen molar-refractivity contribution >= 4 is 11.8 Å². The molecule has 1 aromatic carbocycles. The average Bonchev–Trinajstić information content (AvgIpc) is 2.78. The second-order valence-electron chi connectivity index (χ2n) is 4.39. The van der Waals surface area contributed by atoms with Gasteiger partial charge in [0.05, 0.1) is 11.8 Å². The van der Waals surface area contributed by atoms with Gasteiger partial charge in [0, 0.05) is 12.7 Å². The van der Waals surface area contributed by atoms with Gasteiger partial charge in [-0.1, -0.05) is 0 Å². The number of hydrogen-bond donors (Lipinski definition) is 0. The highest BCUT2D eigenvalue weighted by atomic mass is 19.1. The molecule has 0 aliphatic heterocycles. The van der Waals surface area contributed by atoms with Crippen molar-refractivity contribution < 1.29 is 23.1 Å². The van der Waals surface area contributed by atoms with Crippen LogP contribution >= 0.6 is 0 Å². The smallest absolute Gasteiger partial charge is 0.342 e. The molecule has 110 valence electrons. The molecule has 0 spiro atoms. The predicted octanol–water partition coefficient (Wildman–Crippen LogP) is 2.05. The highest BCUT2D eigenvalue weighted by molar-refractivity contribution is 5.99. The standard InChI is InChI=1S/C14H12F2N2O3/c1-8-11(6-17-18(8)2)14(20)21-7-13(19)10-5-9(15)3-4-12(10)16/h3-6H,7H2,1-2H3. The van der Waals surface area contributed by atoms with Crippen LogP contribution in [0.4, 0.5) is 8.78 Å². The summed E-state index contributed by atoms with van der Waals surface area (Å²) >= 11 is 0. The number of nitrogens with zero attached hydrogens (tertiary/aromatic N) is 2. The Balaban J connectivity index is 2.06. The van der Waals surface area contributed by atoms with E-state index in [-0.39, 0.29) is 5.56 Å². The maximum absolute atomic E-state index is 13.4. The lowest BCUT2D eigenvalue weighted by molar-refractivity contribution is 0.0472. The Morgan fingerprint density at radius 1 is 1.29 bits per heavy atom. The maximum Gasteiger partial charge on any atom is 0.342 e. The van der Waals surface area contributed by atoms with E-state index in [4.69, 9.17) is 4.74 Å². The third kappa shape index (κ3) is 3.13. The van der Waals surface area contributed by atoms with Crippen LogP contribution in [0.5, 0.6) is 0 Å². The van der Waals surface area contributed by atoms with Gasteiger partial charge in [0.2, 0.25) is 5.78 Å². The zero-order valence-corrected chi connectivity index (χ0v) is 11.4. The lowest BCUT2D eigenvalue weighted by Crippen LogP contribution is -2.16. The van der Waals surface area contributed by atoms with Crippen LogP contribution in [0.1, 0.15) is 26.4 Å². The highest BCUT2D eigenvalue weighted by Crippen LogP contribution is 2.12. The van der Waals surface area contributed by atoms with Gasteiger partial charge in [0.1, 0.15) is 17.2 Å². The highest BCUT2D eigenvalue weighted by Gasteiger charge is 2.18. The number of aromatic nitrogens is 2. The average molecular weight is 294 g/mol. The normalized spacial score (nSPS) is 10.5. The van der Waals surface area contributed by atoms with E-state index in [9.17, 15) is 18.4 Å². The largest absolute Gasteiger partial charge is 0.454 e. The van der Waals surface area contributed by atoms with Crippen LogP contribution in [0.3, 0.4) is 0 Å². The topological polar surface area (TPSA) is 61.2 Å². The third-order valence-electron chi connectivity index (χ3n) is 3.02. The molecule has 0 aliphatic carbocycles. The SMILES string of the molecule is Cc1c(C(=O)OCC(=O)c2cc(F)ccc2F)cnn1C. The third-order valence-corrected chi connectivity index (χ3v) is 3.02. The molecule has 0 saturated carbocycles. The summed E-state index contributed by atoms with van der Waals surface area (Å²) in [4.78, 5) is 23.5. The van der Waals surface area contributed by atoms with Gasteiger partial charge in [0.15, 0.2) is 6.61 Å². The second kappa shape index (κ2) is 5.82. The number of halogens is 2. The molecular formula is C14H12F2N2O3. The molecule has 0 saturated heterocycles. The number of hydrogen-bond acceptors (Lipinski definition) is 4. The number of carbonyl (C=O) groups excluding carboxylic acids is 2. The van der Waals surface area contributed by atoms with Gasteiger partial charge < -0.3 is 4.74 Å². The van der Waals surface area contributed by atoms with Gasteiger partial charge in [-0.2, -0.15) is 5.10 Å². The first-order chi connectivity index (χ1) is 9.90. The van der Waals surface area contributed by atoms with Crippen LogP contribution in [-0.2, 0) is 11.8 Å². The zero-order valence-electron chi connectivity index (χ0n) is 11.4. The van der Waals surface area contributed by atoms with E-state index in [1.54, 1.807) is 14.0 Å². The van der Waals surface area contributed by atoms with Crippen molar-refractivity contribution in [3.05, 3.63) is 52.9 Å². The molecule has 5 nitrogen and oxygen atoms in total. The van der Waals surface area contributed by atoms with Crippen molar-refractivity contribution in [1.82, 2.24) is 9.78 Å². The summed E-state index contributed by atoms with van der Waals surface area (Å²) in [6.45, 7) is 0.991. The summed E-state index contributed by atoms with van der Waals surface area (Å²) in [5, 5.41) is 3.87. The summed E-state index contributed by atoms with van der Waals surface area (Å²) in [6.07, 6.45) is 1.31. The van der Waals surface area contributed by atoms with Gasteiger partial charge in [-0.05, 0) is 25.1 Å². The number of ketones is 1. The minimum absolute atomic E-state index is 0.213. The van der Waals surface area contributed by atoms with E-state index in [0.29, 0.717) is 5.69 Å². The summed E-state index contributed by atoms with van der Waals surface area (Å²) in [5.41, 5.74) is 0.333. The Morgan fingerprint density at radius 2 is 2.00 bits per heavy atom. The predicted molar refractivity (Wildman–Crippen MR) is 68.9 cm³/mol. The first kappa shape index (κ1) is 14.8. The molecule has 0 radical (unpaired) electrons. The molecular weight excluding hydrogens is 282 g/mol. The Labute approximate surface area is 119 Å². The zero-order chi connectivity index (χ0) is 15.6. The van der Waals surface area contributed by atoms with Gasteiger partial charge in [-0.3, -0.25) is 9.48 Å². The minimum atomic E-state index is -0.866. The molecule has 1 heterocycles. The maximum atomic E-state index is 13.4. The number of benzene rings is 1. The van der Waals surface area contributed by atoms with E-state index in [1.807, 2.05) is 0 Å². The number of esters is 1. The van der Waals surface area contributed by atoms with Crippen LogP contribution in [0.15, 0.2) is 24.4 Å². The van der Waals surface area contributed by atoms with Gasteiger partial charge in [0.25, 0.3) is 0 Å². The molecule has 2 aromatic rings. The number of rotatable bonds is 4. The number of aryl methyl sites for hydroxylation is 1. The van der Waals surface area contributed by atoms with Crippen LogP contribution in [-0.4, -0.2) is 28.1 Å². The molecule has 2 rings (SSSR count). The molecule has 0 atom stereocenters. The molecule has 0 aliphatic rings. The molecule has 21 heavy (non-hydrogen) atoms. The number of Topliss-reactive ketones (excluding diaryl/α,β-unsaturated/α-hetero) is 1. The van der Waals surface area contributed by atoms with E-state index in [0.717, 1.165) is 18.2 Å². The fourth-order valence-corrected chi connectivity index (χ4v) is 1.70. The molecule has 0 unspecified atom stereocenters. The van der Waals surface area contributed by atoms with Crippen molar-refractivity contribution in [1.29, 1.82) is 0 Å². The summed E-state index contributed by atoms with van der Waals surface area (Å²) < 4.78 is 32.7. The minimum Gasteiger partial charge on any atom is -0.454 e. The molecule has 1 aromatic heterocycles. The van der Waals surface area contributed by atoms with E-state index in [1.165, 1.54) is 10.9 Å².